The fourth-order valence-corrected chi connectivity index (χ4v) is 1.60. The highest BCUT2D eigenvalue weighted by atomic mass is 32.3. The average Bonchev–Trinajstić information content (AvgIpc) is 2.27. The van der Waals surface area contributed by atoms with Crippen LogP contribution in [-0.4, -0.2) is 32.3 Å². The summed E-state index contributed by atoms with van der Waals surface area (Å²) in [7, 11) is -4.41. The zero-order valence-electron chi connectivity index (χ0n) is 9.46. The molecular formula is C10H16N2O4S. The van der Waals surface area contributed by atoms with Crippen LogP contribution in [0.25, 0.3) is 0 Å². The summed E-state index contributed by atoms with van der Waals surface area (Å²) in [4.78, 5) is 0. The second kappa shape index (κ2) is 6.55. The van der Waals surface area contributed by atoms with Crippen LogP contribution >= 0.6 is 0 Å². The smallest absolute Gasteiger partial charge is 0.368 e. The molecule has 7 heteroatoms. The molecule has 1 rings (SSSR count). The predicted molar refractivity (Wildman–Crippen MR) is 65.0 cm³/mol. The number of rotatable bonds is 7. The Hall–Kier alpha value is -1.15. The Morgan fingerprint density at radius 3 is 2.53 bits per heavy atom. The summed E-state index contributed by atoms with van der Waals surface area (Å²) >= 11 is 0. The molecule has 0 aliphatic heterocycles. The van der Waals surface area contributed by atoms with Crippen molar-refractivity contribution in [1.29, 1.82) is 0 Å². The Morgan fingerprint density at radius 2 is 2.00 bits per heavy atom. The van der Waals surface area contributed by atoms with E-state index in [1.54, 1.807) is 0 Å². The molecule has 0 aromatic heterocycles. The van der Waals surface area contributed by atoms with Crippen LogP contribution in [-0.2, 0) is 14.6 Å². The lowest BCUT2D eigenvalue weighted by Crippen LogP contribution is -2.40. The molecule has 0 amide bonds. The van der Waals surface area contributed by atoms with Crippen molar-refractivity contribution in [2.24, 2.45) is 0 Å². The van der Waals surface area contributed by atoms with Gasteiger partial charge in [0.1, 0.15) is 12.8 Å². The van der Waals surface area contributed by atoms with Crippen LogP contribution in [0.2, 0.25) is 0 Å². The van der Waals surface area contributed by atoms with Crippen LogP contribution in [0, 0.1) is 0 Å². The maximum Gasteiger partial charge on any atom is 0.397 e. The fraction of sp³-hybridized carbons (Fsp3) is 0.400. The molecular weight excluding hydrogens is 244 g/mol. The Morgan fingerprint density at radius 1 is 1.35 bits per heavy atom. The normalized spacial score (nSPS) is 13.3. The molecule has 17 heavy (non-hydrogen) atoms. The fourth-order valence-electron chi connectivity index (χ4n) is 1.29. The van der Waals surface area contributed by atoms with E-state index < -0.39 is 16.6 Å². The summed E-state index contributed by atoms with van der Waals surface area (Å²) in [6.45, 7) is 2.33. The first-order valence-corrected chi connectivity index (χ1v) is 6.54. The van der Waals surface area contributed by atoms with E-state index in [2.05, 4.69) is 14.8 Å². The summed E-state index contributed by atoms with van der Waals surface area (Å²) in [5.41, 5.74) is 0.831. The zero-order chi connectivity index (χ0) is 12.7. The summed E-state index contributed by atoms with van der Waals surface area (Å²) in [6.07, 6.45) is -0.399. The largest absolute Gasteiger partial charge is 0.397 e. The monoisotopic (exact) mass is 260 g/mol. The molecule has 0 fully saturated rings. The standard InChI is InChI=1S/C10H16N2O4S/c1-2-11-10(8-16-17(13,14)15)12-9-6-4-3-5-7-9/h3-7,10-12H,2,8H2,1H3,(H,13,14,15)/t10-/m0/s1. The van der Waals surface area contributed by atoms with Gasteiger partial charge in [0.25, 0.3) is 0 Å². The molecule has 0 heterocycles. The van der Waals surface area contributed by atoms with Crippen LogP contribution in [0.1, 0.15) is 6.92 Å². The van der Waals surface area contributed by atoms with Gasteiger partial charge in [0.05, 0.1) is 0 Å². The molecule has 0 saturated carbocycles. The van der Waals surface area contributed by atoms with Crippen molar-refractivity contribution in [3.05, 3.63) is 30.3 Å². The maximum absolute atomic E-state index is 10.5. The highest BCUT2D eigenvalue weighted by molar-refractivity contribution is 7.80. The molecule has 0 spiro atoms. The van der Waals surface area contributed by atoms with Crippen molar-refractivity contribution in [3.8, 4) is 0 Å². The van der Waals surface area contributed by atoms with Crippen LogP contribution in [0.4, 0.5) is 5.69 Å². The van der Waals surface area contributed by atoms with Crippen LogP contribution < -0.4 is 10.6 Å². The highest BCUT2D eigenvalue weighted by Gasteiger charge is 2.12. The van der Waals surface area contributed by atoms with E-state index in [0.717, 1.165) is 5.69 Å². The Kier molecular flexibility index (Phi) is 5.36. The van der Waals surface area contributed by atoms with Crippen LogP contribution in [0.5, 0.6) is 0 Å². The van der Waals surface area contributed by atoms with E-state index in [9.17, 15) is 8.42 Å². The van der Waals surface area contributed by atoms with Gasteiger partial charge in [-0.05, 0) is 18.7 Å². The lowest BCUT2D eigenvalue weighted by atomic mass is 10.3. The number of anilines is 1. The van der Waals surface area contributed by atoms with E-state index in [0.29, 0.717) is 6.54 Å². The van der Waals surface area contributed by atoms with Gasteiger partial charge < -0.3 is 5.32 Å². The first kappa shape index (κ1) is 13.9. The minimum Gasteiger partial charge on any atom is -0.368 e. The van der Waals surface area contributed by atoms with E-state index in [4.69, 9.17) is 4.55 Å². The van der Waals surface area contributed by atoms with Gasteiger partial charge in [0.15, 0.2) is 0 Å². The highest BCUT2D eigenvalue weighted by Crippen LogP contribution is 2.06. The Labute approximate surface area is 101 Å². The number of nitrogens with one attached hydrogen (secondary N) is 2. The molecule has 1 aromatic rings. The number of benzene rings is 1. The molecule has 1 atom stereocenters. The molecule has 0 radical (unpaired) electrons. The number of likely N-dealkylation sites (N-methyl/N-ethyl adjacent to an activating group) is 1. The number of hydrogen-bond acceptors (Lipinski definition) is 5. The first-order chi connectivity index (χ1) is 8.01. The molecule has 0 aliphatic rings. The minimum atomic E-state index is -4.41. The number of hydrogen-bond donors (Lipinski definition) is 3. The Balaban J connectivity index is 2.54. The third-order valence-electron chi connectivity index (χ3n) is 1.95. The van der Waals surface area contributed by atoms with Crippen molar-refractivity contribution >= 4 is 16.1 Å². The molecule has 1 aromatic carbocycles. The zero-order valence-corrected chi connectivity index (χ0v) is 10.3. The van der Waals surface area contributed by atoms with Gasteiger partial charge in [-0.1, -0.05) is 25.1 Å². The quantitative estimate of drug-likeness (QED) is 0.498. The first-order valence-electron chi connectivity index (χ1n) is 5.18. The second-order valence-corrected chi connectivity index (χ2v) is 4.42. The number of para-hydroxylation sites is 1. The maximum atomic E-state index is 10.5. The van der Waals surface area contributed by atoms with Gasteiger partial charge in [-0.15, -0.1) is 0 Å². The summed E-state index contributed by atoms with van der Waals surface area (Å²) in [5, 5.41) is 6.03. The lowest BCUT2D eigenvalue weighted by Gasteiger charge is -2.19. The molecule has 6 nitrogen and oxygen atoms in total. The SMILES string of the molecule is CCN[C@H](COS(=O)(=O)O)Nc1ccccc1. The lowest BCUT2D eigenvalue weighted by molar-refractivity contribution is 0.245. The van der Waals surface area contributed by atoms with Crippen molar-refractivity contribution in [2.45, 2.75) is 13.1 Å². The van der Waals surface area contributed by atoms with E-state index in [1.165, 1.54) is 0 Å². The third-order valence-corrected chi connectivity index (χ3v) is 2.38. The molecule has 0 bridgehead atoms. The summed E-state index contributed by atoms with van der Waals surface area (Å²) < 4.78 is 33.8. The third kappa shape index (κ3) is 6.22. The van der Waals surface area contributed by atoms with E-state index in [-0.39, 0.29) is 6.61 Å². The van der Waals surface area contributed by atoms with Crippen molar-refractivity contribution < 1.29 is 17.2 Å². The molecule has 0 aliphatic carbocycles. The van der Waals surface area contributed by atoms with Crippen molar-refractivity contribution in [1.82, 2.24) is 5.32 Å². The van der Waals surface area contributed by atoms with Gasteiger partial charge in [-0.2, -0.15) is 8.42 Å². The topological polar surface area (TPSA) is 87.7 Å². The summed E-state index contributed by atoms with van der Waals surface area (Å²) in [5.74, 6) is 0. The van der Waals surface area contributed by atoms with Gasteiger partial charge >= 0.3 is 10.4 Å². The van der Waals surface area contributed by atoms with Crippen LogP contribution in [0.3, 0.4) is 0 Å². The van der Waals surface area contributed by atoms with Gasteiger partial charge in [-0.3, -0.25) is 9.87 Å². The van der Waals surface area contributed by atoms with Gasteiger partial charge in [0, 0.05) is 5.69 Å². The average molecular weight is 260 g/mol. The minimum absolute atomic E-state index is 0.193. The Bertz CT molecular complexity index is 421. The van der Waals surface area contributed by atoms with Gasteiger partial charge in [-0.25, -0.2) is 4.18 Å². The van der Waals surface area contributed by atoms with E-state index in [1.807, 2.05) is 37.3 Å². The van der Waals surface area contributed by atoms with Gasteiger partial charge in [0.2, 0.25) is 0 Å². The van der Waals surface area contributed by atoms with Crippen molar-refractivity contribution in [2.75, 3.05) is 18.5 Å². The predicted octanol–water partition coefficient (Wildman–Crippen LogP) is 0.853. The molecule has 0 saturated heterocycles. The summed E-state index contributed by atoms with van der Waals surface area (Å²) in [6, 6.07) is 9.28. The molecule has 96 valence electrons. The molecule has 3 N–H and O–H groups in total. The van der Waals surface area contributed by atoms with Crippen molar-refractivity contribution in [3.63, 3.8) is 0 Å². The van der Waals surface area contributed by atoms with Crippen LogP contribution in [0.15, 0.2) is 30.3 Å². The second-order valence-electron chi connectivity index (χ2n) is 3.33. The van der Waals surface area contributed by atoms with E-state index >= 15 is 0 Å². The molecule has 0 unspecified atom stereocenters.